The van der Waals surface area contributed by atoms with Gasteiger partial charge in [-0.2, -0.15) is 0 Å². The zero-order chi connectivity index (χ0) is 32.4. The van der Waals surface area contributed by atoms with Gasteiger partial charge in [-0.05, 0) is 48.7 Å². The molecule has 4 aromatic rings. The zero-order valence-corrected chi connectivity index (χ0v) is 27.7. The van der Waals surface area contributed by atoms with E-state index in [1.807, 2.05) is 74.5 Å². The predicted octanol–water partition coefficient (Wildman–Crippen LogP) is 7.05. The standard InChI is InChI=1S/C35H37Cl2N3O4S/c1-3-4-22-38-35(42)32(23-27-12-7-5-8-13-27)39(24-28-14-9-6-10-15-28)33(41)25-40(31-17-11-16-30(36)34(31)37)45(43,44)29-20-18-26(2)19-21-29/h5-21,32H,3-4,22-25H2,1-2H3,(H,38,42)/t32-/m0/s1. The van der Waals surface area contributed by atoms with Gasteiger partial charge in [-0.1, -0.05) is 121 Å². The Bertz CT molecular complexity index is 1690. The van der Waals surface area contributed by atoms with Crippen LogP contribution in [0.2, 0.25) is 10.0 Å². The fourth-order valence-corrected chi connectivity index (χ4v) is 6.75. The summed E-state index contributed by atoms with van der Waals surface area (Å²) in [7, 11) is -4.29. The van der Waals surface area contributed by atoms with E-state index in [0.717, 1.165) is 33.8 Å². The van der Waals surface area contributed by atoms with E-state index in [-0.39, 0.29) is 39.5 Å². The lowest BCUT2D eigenvalue weighted by atomic mass is 10.0. The highest BCUT2D eigenvalue weighted by Crippen LogP contribution is 2.35. The van der Waals surface area contributed by atoms with Crippen molar-refractivity contribution in [2.45, 2.75) is 50.6 Å². The van der Waals surface area contributed by atoms with Crippen molar-refractivity contribution in [1.29, 1.82) is 0 Å². The average molecular weight is 667 g/mol. The van der Waals surface area contributed by atoms with Gasteiger partial charge in [-0.3, -0.25) is 13.9 Å². The number of hydrogen-bond donors (Lipinski definition) is 1. The number of anilines is 1. The number of carbonyl (C=O) groups is 2. The molecule has 0 spiro atoms. The van der Waals surface area contributed by atoms with Crippen LogP contribution in [0.3, 0.4) is 0 Å². The number of rotatable bonds is 14. The third-order valence-electron chi connectivity index (χ3n) is 7.38. The summed E-state index contributed by atoms with van der Waals surface area (Å²) in [4.78, 5) is 29.7. The van der Waals surface area contributed by atoms with Crippen LogP contribution >= 0.6 is 23.2 Å². The minimum atomic E-state index is -4.29. The molecule has 0 aliphatic rings. The van der Waals surface area contributed by atoms with Gasteiger partial charge in [0.2, 0.25) is 11.8 Å². The number of halogens is 2. The van der Waals surface area contributed by atoms with E-state index in [9.17, 15) is 18.0 Å². The fourth-order valence-electron chi connectivity index (χ4n) is 4.88. The molecular weight excluding hydrogens is 629 g/mol. The van der Waals surface area contributed by atoms with Crippen LogP contribution in [0.25, 0.3) is 0 Å². The average Bonchev–Trinajstić information content (AvgIpc) is 3.04. The van der Waals surface area contributed by atoms with Gasteiger partial charge in [0, 0.05) is 19.5 Å². The summed E-state index contributed by atoms with van der Waals surface area (Å²) in [6.07, 6.45) is 1.91. The lowest BCUT2D eigenvalue weighted by molar-refractivity contribution is -0.140. The van der Waals surface area contributed by atoms with Gasteiger partial charge in [0.25, 0.3) is 10.0 Å². The molecule has 0 aliphatic heterocycles. The second-order valence-corrected chi connectivity index (χ2v) is 13.4. The van der Waals surface area contributed by atoms with Gasteiger partial charge in [0.05, 0.1) is 20.6 Å². The Hall–Kier alpha value is -3.85. The molecule has 236 valence electrons. The van der Waals surface area contributed by atoms with Crippen LogP contribution in [0.5, 0.6) is 0 Å². The Balaban J connectivity index is 1.80. The number of amides is 2. The van der Waals surface area contributed by atoms with Gasteiger partial charge >= 0.3 is 0 Å². The van der Waals surface area contributed by atoms with Crippen LogP contribution in [-0.4, -0.2) is 44.3 Å². The smallest absolute Gasteiger partial charge is 0.264 e. The highest BCUT2D eigenvalue weighted by molar-refractivity contribution is 7.92. The van der Waals surface area contributed by atoms with Crippen molar-refractivity contribution in [3.8, 4) is 0 Å². The highest BCUT2D eigenvalue weighted by atomic mass is 35.5. The van der Waals surface area contributed by atoms with Gasteiger partial charge in [0.15, 0.2) is 0 Å². The summed E-state index contributed by atoms with van der Waals surface area (Å²) >= 11 is 12.9. The van der Waals surface area contributed by atoms with Crippen molar-refractivity contribution < 1.29 is 18.0 Å². The first-order valence-electron chi connectivity index (χ1n) is 14.8. The first-order valence-corrected chi connectivity index (χ1v) is 17.0. The highest BCUT2D eigenvalue weighted by Gasteiger charge is 2.35. The molecule has 45 heavy (non-hydrogen) atoms. The Morgan fingerprint density at radius 2 is 1.44 bits per heavy atom. The summed E-state index contributed by atoms with van der Waals surface area (Å²) < 4.78 is 29.3. The number of carbonyl (C=O) groups excluding carboxylic acids is 2. The van der Waals surface area contributed by atoms with E-state index in [2.05, 4.69) is 5.32 Å². The molecular formula is C35H37Cl2N3O4S. The van der Waals surface area contributed by atoms with E-state index in [0.29, 0.717) is 6.54 Å². The Labute approximate surface area is 275 Å². The van der Waals surface area contributed by atoms with Crippen LogP contribution < -0.4 is 9.62 Å². The molecule has 0 unspecified atom stereocenters. The van der Waals surface area contributed by atoms with E-state index in [1.165, 1.54) is 23.1 Å². The molecule has 0 bridgehead atoms. The minimum Gasteiger partial charge on any atom is -0.354 e. The molecule has 2 amide bonds. The van der Waals surface area contributed by atoms with E-state index in [4.69, 9.17) is 23.2 Å². The molecule has 1 N–H and O–H groups in total. The Morgan fingerprint density at radius 1 is 0.822 bits per heavy atom. The zero-order valence-electron chi connectivity index (χ0n) is 25.3. The molecule has 0 aliphatic carbocycles. The maximum atomic E-state index is 14.5. The van der Waals surface area contributed by atoms with Crippen LogP contribution in [-0.2, 0) is 32.6 Å². The summed E-state index contributed by atoms with van der Waals surface area (Å²) in [5, 5.41) is 3.12. The first-order chi connectivity index (χ1) is 21.6. The van der Waals surface area contributed by atoms with Crippen molar-refractivity contribution in [2.24, 2.45) is 0 Å². The molecule has 7 nitrogen and oxygen atoms in total. The Kier molecular flexibility index (Phi) is 12.0. The molecule has 0 saturated carbocycles. The SMILES string of the molecule is CCCCNC(=O)[C@H](Cc1ccccc1)N(Cc1ccccc1)C(=O)CN(c1cccc(Cl)c1Cl)S(=O)(=O)c1ccc(C)cc1. The largest absolute Gasteiger partial charge is 0.354 e. The first kappa shape index (κ1) is 34.0. The van der Waals surface area contributed by atoms with Crippen molar-refractivity contribution >= 4 is 50.7 Å². The van der Waals surface area contributed by atoms with Crippen molar-refractivity contribution in [3.63, 3.8) is 0 Å². The lowest BCUT2D eigenvalue weighted by Crippen LogP contribution is -2.53. The Morgan fingerprint density at radius 3 is 2.07 bits per heavy atom. The lowest BCUT2D eigenvalue weighted by Gasteiger charge is -2.34. The fraction of sp³-hybridized carbons (Fsp3) is 0.257. The quantitative estimate of drug-likeness (QED) is 0.146. The summed E-state index contributed by atoms with van der Waals surface area (Å²) in [6.45, 7) is 3.81. The van der Waals surface area contributed by atoms with Gasteiger partial charge in [-0.15, -0.1) is 0 Å². The maximum Gasteiger partial charge on any atom is 0.264 e. The van der Waals surface area contributed by atoms with E-state index < -0.39 is 28.5 Å². The van der Waals surface area contributed by atoms with Gasteiger partial charge < -0.3 is 10.2 Å². The van der Waals surface area contributed by atoms with Crippen molar-refractivity contribution in [1.82, 2.24) is 10.2 Å². The molecule has 0 fully saturated rings. The summed E-state index contributed by atoms with van der Waals surface area (Å²) in [5.74, 6) is -0.887. The van der Waals surface area contributed by atoms with Crippen LogP contribution in [0, 0.1) is 6.92 Å². The van der Waals surface area contributed by atoms with Crippen LogP contribution in [0.15, 0.2) is 108 Å². The maximum absolute atomic E-state index is 14.5. The molecule has 4 aromatic carbocycles. The molecule has 0 heterocycles. The van der Waals surface area contributed by atoms with Crippen molar-refractivity contribution in [3.05, 3.63) is 130 Å². The predicted molar refractivity (Wildman–Crippen MR) is 181 cm³/mol. The number of nitrogens with zero attached hydrogens (tertiary/aromatic N) is 2. The van der Waals surface area contributed by atoms with Crippen LogP contribution in [0.1, 0.15) is 36.5 Å². The molecule has 0 radical (unpaired) electrons. The monoisotopic (exact) mass is 665 g/mol. The van der Waals surface area contributed by atoms with E-state index in [1.54, 1.807) is 24.3 Å². The number of sulfonamides is 1. The third kappa shape index (κ3) is 8.87. The number of aryl methyl sites for hydroxylation is 1. The molecule has 10 heteroatoms. The molecule has 1 atom stereocenters. The minimum absolute atomic E-state index is 0.00425. The second-order valence-electron chi connectivity index (χ2n) is 10.8. The second kappa shape index (κ2) is 15.9. The van der Waals surface area contributed by atoms with Gasteiger partial charge in [-0.25, -0.2) is 8.42 Å². The summed E-state index contributed by atoms with van der Waals surface area (Å²) in [5.41, 5.74) is 2.59. The summed E-state index contributed by atoms with van der Waals surface area (Å²) in [6, 6.07) is 28.8. The van der Waals surface area contributed by atoms with Gasteiger partial charge in [0.1, 0.15) is 12.6 Å². The van der Waals surface area contributed by atoms with Crippen molar-refractivity contribution in [2.75, 3.05) is 17.4 Å². The third-order valence-corrected chi connectivity index (χ3v) is 9.97. The van der Waals surface area contributed by atoms with E-state index >= 15 is 0 Å². The number of unbranched alkanes of at least 4 members (excludes halogenated alkanes) is 1. The number of benzene rings is 4. The topological polar surface area (TPSA) is 86.8 Å². The normalized spacial score (nSPS) is 11.9. The number of nitrogens with one attached hydrogen (secondary N) is 1. The van der Waals surface area contributed by atoms with Crippen LogP contribution in [0.4, 0.5) is 5.69 Å². The molecule has 0 aromatic heterocycles. The number of hydrogen-bond acceptors (Lipinski definition) is 4. The molecule has 0 saturated heterocycles. The molecule has 4 rings (SSSR count).